The van der Waals surface area contributed by atoms with Crippen LogP contribution in [0.4, 0.5) is 4.39 Å². The Bertz CT molecular complexity index is 837. The van der Waals surface area contributed by atoms with Crippen LogP contribution in [0.25, 0.3) is 6.08 Å². The third-order valence-electron chi connectivity index (χ3n) is 5.23. The lowest BCUT2D eigenvalue weighted by molar-refractivity contribution is -0.131. The lowest BCUT2D eigenvalue weighted by atomic mass is 9.96. The predicted octanol–water partition coefficient (Wildman–Crippen LogP) is 5.72. The third kappa shape index (κ3) is 5.81. The van der Waals surface area contributed by atoms with E-state index in [1.165, 1.54) is 31.1 Å². The van der Waals surface area contributed by atoms with Gasteiger partial charge in [0, 0.05) is 6.08 Å². The van der Waals surface area contributed by atoms with Gasteiger partial charge in [0.2, 0.25) is 0 Å². The van der Waals surface area contributed by atoms with Crippen molar-refractivity contribution >= 4 is 12.0 Å². The summed E-state index contributed by atoms with van der Waals surface area (Å²) in [5, 5.41) is 8.52. The second-order valence-electron chi connectivity index (χ2n) is 7.41. The van der Waals surface area contributed by atoms with E-state index < -0.39 is 5.97 Å². The minimum Gasteiger partial charge on any atom is -0.489 e. The SMILES string of the molecule is CC1CC2C=CC1C2.O=C(O)C=Cc1ccc(OCc2ccc(F)cc2)cc1. The van der Waals surface area contributed by atoms with Gasteiger partial charge in [-0.1, -0.05) is 43.3 Å². The second kappa shape index (κ2) is 9.36. The highest BCUT2D eigenvalue weighted by Gasteiger charge is 2.32. The molecule has 0 amide bonds. The number of carboxylic acids is 1. The molecule has 28 heavy (non-hydrogen) atoms. The highest BCUT2D eigenvalue weighted by Crippen LogP contribution is 2.42. The average molecular weight is 380 g/mol. The maximum absolute atomic E-state index is 12.7. The molecule has 3 unspecified atom stereocenters. The lowest BCUT2D eigenvalue weighted by Gasteiger charge is -2.09. The van der Waals surface area contributed by atoms with Gasteiger partial charge in [-0.25, -0.2) is 9.18 Å². The topological polar surface area (TPSA) is 46.5 Å². The number of benzene rings is 2. The van der Waals surface area contributed by atoms with Crippen LogP contribution in [0.15, 0.2) is 66.8 Å². The summed E-state index contributed by atoms with van der Waals surface area (Å²) >= 11 is 0. The molecular formula is C24H25FO3. The number of carbonyl (C=O) groups is 1. The first kappa shape index (κ1) is 19.9. The largest absolute Gasteiger partial charge is 0.489 e. The van der Waals surface area contributed by atoms with E-state index in [4.69, 9.17) is 9.84 Å². The molecular weight excluding hydrogens is 355 g/mol. The van der Waals surface area contributed by atoms with E-state index >= 15 is 0 Å². The van der Waals surface area contributed by atoms with Crippen LogP contribution in [0.3, 0.4) is 0 Å². The van der Waals surface area contributed by atoms with Gasteiger partial charge in [0.25, 0.3) is 0 Å². The van der Waals surface area contributed by atoms with Gasteiger partial charge in [-0.05, 0) is 72.1 Å². The van der Waals surface area contributed by atoms with Crippen molar-refractivity contribution in [3.8, 4) is 5.75 Å². The molecule has 2 aromatic rings. The Hall–Kier alpha value is -2.88. The predicted molar refractivity (Wildman–Crippen MR) is 108 cm³/mol. The Morgan fingerprint density at radius 3 is 2.32 bits per heavy atom. The van der Waals surface area contributed by atoms with Crippen molar-refractivity contribution < 1.29 is 19.0 Å². The van der Waals surface area contributed by atoms with E-state index in [0.29, 0.717) is 12.4 Å². The van der Waals surface area contributed by atoms with Gasteiger partial charge >= 0.3 is 5.97 Å². The van der Waals surface area contributed by atoms with Crippen molar-refractivity contribution in [2.45, 2.75) is 26.4 Å². The van der Waals surface area contributed by atoms with Gasteiger partial charge in [-0.3, -0.25) is 0 Å². The Kier molecular flexibility index (Phi) is 6.64. The summed E-state index contributed by atoms with van der Waals surface area (Å²) < 4.78 is 18.3. The lowest BCUT2D eigenvalue weighted by Crippen LogP contribution is -1.99. The summed E-state index contributed by atoms with van der Waals surface area (Å²) in [6.45, 7) is 2.72. The molecule has 0 radical (unpaired) electrons. The molecule has 2 aromatic carbocycles. The summed E-state index contributed by atoms with van der Waals surface area (Å²) in [6.07, 6.45) is 10.3. The summed E-state index contributed by atoms with van der Waals surface area (Å²) in [5.41, 5.74) is 1.66. The number of hydrogen-bond donors (Lipinski definition) is 1. The van der Waals surface area contributed by atoms with E-state index in [1.807, 2.05) is 0 Å². The first-order valence-corrected chi connectivity index (χ1v) is 9.56. The Morgan fingerprint density at radius 2 is 1.82 bits per heavy atom. The van der Waals surface area contributed by atoms with E-state index in [0.717, 1.165) is 35.0 Å². The normalized spacial score (nSPS) is 22.1. The van der Waals surface area contributed by atoms with Crippen LogP contribution in [0.5, 0.6) is 5.75 Å². The van der Waals surface area contributed by atoms with Gasteiger partial charge in [0.15, 0.2) is 0 Å². The summed E-state index contributed by atoms with van der Waals surface area (Å²) in [7, 11) is 0. The van der Waals surface area contributed by atoms with E-state index in [-0.39, 0.29) is 5.82 Å². The van der Waals surface area contributed by atoms with Crippen LogP contribution in [-0.4, -0.2) is 11.1 Å². The molecule has 1 saturated carbocycles. The molecule has 4 heteroatoms. The van der Waals surface area contributed by atoms with Crippen LogP contribution >= 0.6 is 0 Å². The minimum atomic E-state index is -0.985. The fraction of sp³-hybridized carbons (Fsp3) is 0.292. The molecule has 3 nitrogen and oxygen atoms in total. The van der Waals surface area contributed by atoms with Gasteiger partial charge in [0.1, 0.15) is 18.2 Å². The van der Waals surface area contributed by atoms with Crippen LogP contribution < -0.4 is 4.74 Å². The molecule has 1 N–H and O–H groups in total. The molecule has 0 heterocycles. The van der Waals surface area contributed by atoms with Crippen molar-refractivity contribution in [2.75, 3.05) is 0 Å². The molecule has 2 aliphatic rings. The van der Waals surface area contributed by atoms with Crippen LogP contribution in [0.1, 0.15) is 30.9 Å². The fourth-order valence-corrected chi connectivity index (χ4v) is 3.65. The third-order valence-corrected chi connectivity index (χ3v) is 5.23. The van der Waals surface area contributed by atoms with Crippen molar-refractivity contribution in [3.63, 3.8) is 0 Å². The molecule has 3 atom stereocenters. The van der Waals surface area contributed by atoms with Crippen molar-refractivity contribution in [2.24, 2.45) is 17.8 Å². The molecule has 0 spiro atoms. The van der Waals surface area contributed by atoms with E-state index in [9.17, 15) is 9.18 Å². The van der Waals surface area contributed by atoms with E-state index in [2.05, 4.69) is 19.1 Å². The molecule has 0 aliphatic heterocycles. The van der Waals surface area contributed by atoms with Gasteiger partial charge in [-0.15, -0.1) is 0 Å². The number of carboxylic acid groups (broad SMARTS) is 1. The summed E-state index contributed by atoms with van der Waals surface area (Å²) in [5.74, 6) is 2.33. The Labute approximate surface area is 165 Å². The Balaban J connectivity index is 0.000000231. The smallest absolute Gasteiger partial charge is 0.328 e. The van der Waals surface area contributed by atoms with Crippen molar-refractivity contribution in [1.29, 1.82) is 0 Å². The quantitative estimate of drug-likeness (QED) is 0.533. The highest BCUT2D eigenvalue weighted by atomic mass is 19.1. The Morgan fingerprint density at radius 1 is 1.11 bits per heavy atom. The van der Waals surface area contributed by atoms with Crippen LogP contribution in [0.2, 0.25) is 0 Å². The highest BCUT2D eigenvalue weighted by molar-refractivity contribution is 5.85. The van der Waals surface area contributed by atoms with Crippen LogP contribution in [0, 0.1) is 23.6 Å². The number of ether oxygens (including phenoxy) is 1. The number of aliphatic carboxylic acids is 1. The molecule has 146 valence electrons. The first-order valence-electron chi connectivity index (χ1n) is 9.56. The zero-order valence-electron chi connectivity index (χ0n) is 15.9. The monoisotopic (exact) mass is 380 g/mol. The van der Waals surface area contributed by atoms with Crippen molar-refractivity contribution in [1.82, 2.24) is 0 Å². The molecule has 2 bridgehead atoms. The standard InChI is InChI=1S/C16H13FO3.C8H12/c17-14-6-1-13(2-7-14)11-20-15-8-3-12(4-9-15)5-10-16(18)19;1-6-4-7-2-3-8(6)5-7/h1-10H,11H2,(H,18,19);2-3,6-8H,4-5H2,1H3. The van der Waals surface area contributed by atoms with Gasteiger partial charge in [-0.2, -0.15) is 0 Å². The maximum atomic E-state index is 12.7. The fourth-order valence-electron chi connectivity index (χ4n) is 3.65. The summed E-state index contributed by atoms with van der Waals surface area (Å²) in [4.78, 5) is 10.4. The number of halogens is 1. The average Bonchev–Trinajstić information content (AvgIpc) is 3.30. The molecule has 2 aliphatic carbocycles. The zero-order valence-corrected chi connectivity index (χ0v) is 15.9. The molecule has 4 rings (SSSR count). The van der Waals surface area contributed by atoms with Crippen molar-refractivity contribution in [3.05, 3.63) is 83.7 Å². The van der Waals surface area contributed by atoms with Gasteiger partial charge < -0.3 is 9.84 Å². The maximum Gasteiger partial charge on any atom is 0.328 e. The molecule has 1 fully saturated rings. The first-order chi connectivity index (χ1) is 13.5. The number of allylic oxidation sites excluding steroid dienone is 2. The van der Waals surface area contributed by atoms with E-state index in [1.54, 1.807) is 36.4 Å². The molecule has 0 saturated heterocycles. The minimum absolute atomic E-state index is 0.275. The number of fused-ring (bicyclic) bond motifs is 2. The van der Waals surface area contributed by atoms with Crippen LogP contribution in [-0.2, 0) is 11.4 Å². The summed E-state index contributed by atoms with van der Waals surface area (Å²) in [6, 6.07) is 13.1. The molecule has 0 aromatic heterocycles. The zero-order chi connectivity index (χ0) is 19.9. The number of rotatable bonds is 5. The number of hydrogen-bond acceptors (Lipinski definition) is 2. The van der Waals surface area contributed by atoms with Gasteiger partial charge in [0.05, 0.1) is 0 Å². The second-order valence-corrected chi connectivity index (χ2v) is 7.41.